The minimum absolute atomic E-state index is 0.160. The van der Waals surface area contributed by atoms with Crippen LogP contribution in [-0.4, -0.2) is 39.5 Å². The Labute approximate surface area is 91.4 Å². The highest BCUT2D eigenvalue weighted by Crippen LogP contribution is 1.88. The first-order valence-electron chi connectivity index (χ1n) is 4.67. The minimum Gasteiger partial charge on any atom is -0.370 e. The summed E-state index contributed by atoms with van der Waals surface area (Å²) in [6.07, 6.45) is 1.74. The maximum absolute atomic E-state index is 10.8. The molecule has 0 aromatic carbocycles. The lowest BCUT2D eigenvalue weighted by Crippen LogP contribution is -2.33. The normalized spacial score (nSPS) is 12.5. The van der Waals surface area contributed by atoms with Crippen LogP contribution in [0.5, 0.6) is 0 Å². The van der Waals surface area contributed by atoms with E-state index in [4.69, 9.17) is 5.73 Å². The van der Waals surface area contributed by atoms with Gasteiger partial charge in [0, 0.05) is 12.8 Å². The maximum Gasteiger partial charge on any atom is 0.188 e. The number of sulfone groups is 1. The van der Waals surface area contributed by atoms with Crippen molar-refractivity contribution in [1.29, 1.82) is 0 Å². The fourth-order valence-electron chi connectivity index (χ4n) is 0.827. The quantitative estimate of drug-likeness (QED) is 0.290. The van der Waals surface area contributed by atoms with Gasteiger partial charge in [-0.15, -0.1) is 0 Å². The van der Waals surface area contributed by atoms with Crippen LogP contribution >= 0.6 is 0 Å². The number of rotatable bonds is 6. The molecule has 0 bridgehead atoms. The van der Waals surface area contributed by atoms with E-state index in [-0.39, 0.29) is 5.75 Å². The molecule has 5 nitrogen and oxygen atoms in total. The first-order valence-corrected chi connectivity index (χ1v) is 6.73. The molecule has 0 aromatic rings. The molecule has 0 fully saturated rings. The molecular weight excluding hydrogens is 214 g/mol. The van der Waals surface area contributed by atoms with Gasteiger partial charge in [-0.25, -0.2) is 13.4 Å². The Morgan fingerprint density at radius 3 is 2.60 bits per heavy atom. The summed E-state index contributed by atoms with van der Waals surface area (Å²) in [5.41, 5.74) is 6.45. The largest absolute Gasteiger partial charge is 0.370 e. The summed E-state index contributed by atoms with van der Waals surface area (Å²) in [6, 6.07) is 0. The van der Waals surface area contributed by atoms with Gasteiger partial charge in [0.05, 0.1) is 12.3 Å². The fourth-order valence-corrected chi connectivity index (χ4v) is 1.50. The second-order valence-corrected chi connectivity index (χ2v) is 5.83. The number of hydrogen-bond acceptors (Lipinski definition) is 3. The average Bonchev–Trinajstić information content (AvgIpc) is 2.07. The van der Waals surface area contributed by atoms with Gasteiger partial charge < -0.3 is 11.1 Å². The topological polar surface area (TPSA) is 84.5 Å². The van der Waals surface area contributed by atoms with Crippen LogP contribution < -0.4 is 11.1 Å². The van der Waals surface area contributed by atoms with Crippen molar-refractivity contribution >= 4 is 15.8 Å². The third kappa shape index (κ3) is 10.9. The summed E-state index contributed by atoms with van der Waals surface area (Å²) in [5.74, 6) is 0.486. The van der Waals surface area contributed by atoms with Crippen LogP contribution in [-0.2, 0) is 9.84 Å². The standard InChI is InChI=1S/C9H19N3O2S/c1-8(2)7-12-9(10)11-5-4-6-15(3,13)14/h1,4-7H2,2-3H3,(H3,10,11,12). The number of nitrogens with two attached hydrogens (primary N) is 1. The third-order valence-corrected chi connectivity index (χ3v) is 2.55. The van der Waals surface area contributed by atoms with Crippen LogP contribution in [0.1, 0.15) is 13.3 Å². The van der Waals surface area contributed by atoms with Crippen LogP contribution in [0.15, 0.2) is 17.1 Å². The summed E-state index contributed by atoms with van der Waals surface area (Å²) >= 11 is 0. The summed E-state index contributed by atoms with van der Waals surface area (Å²) in [5, 5.41) is 2.83. The molecule has 0 saturated carbocycles. The molecule has 0 spiro atoms. The first-order chi connectivity index (χ1) is 6.81. The highest BCUT2D eigenvalue weighted by molar-refractivity contribution is 7.90. The van der Waals surface area contributed by atoms with Gasteiger partial charge in [-0.3, -0.25) is 0 Å². The lowest BCUT2D eigenvalue weighted by Gasteiger charge is -2.04. The second kappa shape index (κ2) is 6.44. The molecule has 0 aliphatic heterocycles. The van der Waals surface area contributed by atoms with Crippen molar-refractivity contribution in [1.82, 2.24) is 5.32 Å². The SMILES string of the molecule is C=C(C)CN=C(N)NCCCS(C)(=O)=O. The van der Waals surface area contributed by atoms with E-state index in [1.165, 1.54) is 6.26 Å². The van der Waals surface area contributed by atoms with Crippen LogP contribution in [0.25, 0.3) is 0 Å². The zero-order chi connectivity index (χ0) is 11.9. The van der Waals surface area contributed by atoms with E-state index >= 15 is 0 Å². The Balaban J connectivity index is 3.68. The van der Waals surface area contributed by atoms with E-state index in [0.717, 1.165) is 5.57 Å². The van der Waals surface area contributed by atoms with Gasteiger partial charge in [-0.2, -0.15) is 0 Å². The Morgan fingerprint density at radius 2 is 2.13 bits per heavy atom. The van der Waals surface area contributed by atoms with Crippen molar-refractivity contribution in [2.45, 2.75) is 13.3 Å². The van der Waals surface area contributed by atoms with E-state index < -0.39 is 9.84 Å². The van der Waals surface area contributed by atoms with Gasteiger partial charge in [0.1, 0.15) is 9.84 Å². The molecule has 88 valence electrons. The second-order valence-electron chi connectivity index (χ2n) is 3.57. The Bertz CT molecular complexity index is 333. The highest BCUT2D eigenvalue weighted by Gasteiger charge is 2.00. The van der Waals surface area contributed by atoms with Crippen LogP contribution in [0.3, 0.4) is 0 Å². The van der Waals surface area contributed by atoms with Gasteiger partial charge in [0.2, 0.25) is 0 Å². The van der Waals surface area contributed by atoms with Gasteiger partial charge in [-0.1, -0.05) is 12.2 Å². The van der Waals surface area contributed by atoms with Crippen molar-refractivity contribution in [2.75, 3.05) is 25.1 Å². The maximum atomic E-state index is 10.8. The number of aliphatic imine (C=N–C) groups is 1. The monoisotopic (exact) mass is 233 g/mol. The fraction of sp³-hybridized carbons (Fsp3) is 0.667. The predicted octanol–water partition coefficient (Wildman–Crippen LogP) is -0.0985. The van der Waals surface area contributed by atoms with Crippen molar-refractivity contribution in [3.63, 3.8) is 0 Å². The van der Waals surface area contributed by atoms with E-state index in [1.54, 1.807) is 0 Å². The smallest absolute Gasteiger partial charge is 0.188 e. The van der Waals surface area contributed by atoms with Crippen molar-refractivity contribution in [3.05, 3.63) is 12.2 Å². The predicted molar refractivity (Wildman–Crippen MR) is 63.6 cm³/mol. The molecule has 0 radical (unpaired) electrons. The molecule has 0 aliphatic carbocycles. The Morgan fingerprint density at radius 1 is 1.53 bits per heavy atom. The molecule has 0 amide bonds. The van der Waals surface area contributed by atoms with E-state index in [0.29, 0.717) is 25.5 Å². The van der Waals surface area contributed by atoms with Crippen LogP contribution in [0.2, 0.25) is 0 Å². The summed E-state index contributed by atoms with van der Waals surface area (Å²) in [7, 11) is -2.88. The lowest BCUT2D eigenvalue weighted by atomic mass is 10.4. The molecule has 0 rings (SSSR count). The van der Waals surface area contributed by atoms with Crippen molar-refractivity contribution in [3.8, 4) is 0 Å². The van der Waals surface area contributed by atoms with Crippen LogP contribution in [0.4, 0.5) is 0 Å². The number of guanidine groups is 1. The zero-order valence-electron chi connectivity index (χ0n) is 9.28. The summed E-state index contributed by atoms with van der Waals surface area (Å²) in [6.45, 7) is 6.55. The highest BCUT2D eigenvalue weighted by atomic mass is 32.2. The van der Waals surface area contributed by atoms with Gasteiger partial charge in [0.15, 0.2) is 5.96 Å². The molecule has 15 heavy (non-hydrogen) atoms. The molecule has 0 atom stereocenters. The lowest BCUT2D eigenvalue weighted by molar-refractivity contribution is 0.598. The summed E-state index contributed by atoms with van der Waals surface area (Å²) < 4.78 is 21.6. The van der Waals surface area contributed by atoms with E-state index in [1.807, 2.05) is 6.92 Å². The molecule has 0 heterocycles. The Hall–Kier alpha value is -1.04. The van der Waals surface area contributed by atoms with E-state index in [9.17, 15) is 8.42 Å². The number of hydrogen-bond donors (Lipinski definition) is 2. The first kappa shape index (κ1) is 14.0. The van der Waals surface area contributed by atoms with Gasteiger partial charge in [0.25, 0.3) is 0 Å². The summed E-state index contributed by atoms with van der Waals surface area (Å²) in [4.78, 5) is 3.99. The molecule has 0 saturated heterocycles. The molecule has 3 N–H and O–H groups in total. The third-order valence-electron chi connectivity index (χ3n) is 1.52. The van der Waals surface area contributed by atoms with Crippen LogP contribution in [0, 0.1) is 0 Å². The van der Waals surface area contributed by atoms with Crippen molar-refractivity contribution < 1.29 is 8.42 Å². The Kier molecular flexibility index (Phi) is 6.00. The molecule has 6 heteroatoms. The molecule has 0 aliphatic rings. The van der Waals surface area contributed by atoms with Gasteiger partial charge in [-0.05, 0) is 13.3 Å². The molecular formula is C9H19N3O2S. The van der Waals surface area contributed by atoms with Crippen molar-refractivity contribution in [2.24, 2.45) is 10.7 Å². The minimum atomic E-state index is -2.88. The molecule has 0 aromatic heterocycles. The number of nitrogens with one attached hydrogen (secondary N) is 1. The molecule has 0 unspecified atom stereocenters. The zero-order valence-corrected chi connectivity index (χ0v) is 10.1. The van der Waals surface area contributed by atoms with E-state index in [2.05, 4.69) is 16.9 Å². The average molecular weight is 233 g/mol. The van der Waals surface area contributed by atoms with Gasteiger partial charge >= 0.3 is 0 Å². The number of nitrogens with zero attached hydrogens (tertiary/aromatic N) is 1.